The lowest BCUT2D eigenvalue weighted by Crippen LogP contribution is -2.16. The van der Waals surface area contributed by atoms with Gasteiger partial charge < -0.3 is 9.47 Å². The smallest absolute Gasteiger partial charge is 0.126 e. The number of hydrogen-bond acceptors (Lipinski definition) is 3. The van der Waals surface area contributed by atoms with Gasteiger partial charge in [0.05, 0.1) is 20.2 Å². The molecule has 17 heavy (non-hydrogen) atoms. The van der Waals surface area contributed by atoms with E-state index in [4.69, 9.17) is 21.1 Å². The summed E-state index contributed by atoms with van der Waals surface area (Å²) in [4.78, 5) is 2.01. The van der Waals surface area contributed by atoms with Crippen molar-refractivity contribution < 1.29 is 9.47 Å². The van der Waals surface area contributed by atoms with E-state index in [-0.39, 0.29) is 0 Å². The van der Waals surface area contributed by atoms with E-state index >= 15 is 0 Å². The van der Waals surface area contributed by atoms with Crippen LogP contribution in [0.1, 0.15) is 16.7 Å². The van der Waals surface area contributed by atoms with Crippen LogP contribution in [0.3, 0.4) is 0 Å². The van der Waals surface area contributed by atoms with Crippen LogP contribution in [0.4, 0.5) is 0 Å². The molecule has 1 aromatic rings. The molecule has 0 N–H and O–H groups in total. The highest BCUT2D eigenvalue weighted by Gasteiger charge is 2.14. The Balaban J connectivity index is 3.22. The molecule has 0 atom stereocenters. The topological polar surface area (TPSA) is 21.7 Å². The molecule has 1 aromatic carbocycles. The van der Waals surface area contributed by atoms with Crippen molar-refractivity contribution in [2.75, 3.05) is 27.3 Å². The van der Waals surface area contributed by atoms with E-state index < -0.39 is 0 Å². The van der Waals surface area contributed by atoms with Gasteiger partial charge in [0.1, 0.15) is 11.5 Å². The number of halogens is 1. The predicted octanol–water partition coefficient (Wildman–Crippen LogP) is 2.95. The van der Waals surface area contributed by atoms with Gasteiger partial charge in [-0.2, -0.15) is 0 Å². The van der Waals surface area contributed by atoms with Gasteiger partial charge in [0.25, 0.3) is 0 Å². The quantitative estimate of drug-likeness (QED) is 0.598. The Bertz CT molecular complexity index is 393. The van der Waals surface area contributed by atoms with Gasteiger partial charge in [0.2, 0.25) is 0 Å². The van der Waals surface area contributed by atoms with Crippen molar-refractivity contribution in [3.63, 3.8) is 0 Å². The first kappa shape index (κ1) is 14.1. The van der Waals surface area contributed by atoms with Crippen molar-refractivity contribution in [1.29, 1.82) is 0 Å². The maximum absolute atomic E-state index is 5.80. The number of ether oxygens (including phenoxy) is 2. The van der Waals surface area contributed by atoms with Crippen LogP contribution in [0.15, 0.2) is 6.07 Å². The van der Waals surface area contributed by atoms with Crippen molar-refractivity contribution in [2.45, 2.75) is 20.4 Å². The summed E-state index contributed by atoms with van der Waals surface area (Å²) < 4.78 is 10.9. The Morgan fingerprint density at radius 3 is 2.29 bits per heavy atom. The van der Waals surface area contributed by atoms with Crippen molar-refractivity contribution in [1.82, 2.24) is 4.90 Å². The van der Waals surface area contributed by atoms with E-state index in [9.17, 15) is 0 Å². The summed E-state index contributed by atoms with van der Waals surface area (Å²) in [6.07, 6.45) is 0. The van der Waals surface area contributed by atoms with E-state index in [1.165, 1.54) is 0 Å². The molecular weight excluding hydrogens is 238 g/mol. The van der Waals surface area contributed by atoms with Crippen LogP contribution >= 0.6 is 11.6 Å². The lowest BCUT2D eigenvalue weighted by atomic mass is 10.0. The molecule has 0 aliphatic heterocycles. The summed E-state index contributed by atoms with van der Waals surface area (Å²) in [6, 6.07) is 2.50. The van der Waals surface area contributed by atoms with Crippen molar-refractivity contribution in [3.8, 4) is 11.5 Å². The fraction of sp³-hybridized carbons (Fsp3) is 0.538. The zero-order chi connectivity index (χ0) is 13.0. The Morgan fingerprint density at radius 1 is 1.18 bits per heavy atom. The van der Waals surface area contributed by atoms with Gasteiger partial charge >= 0.3 is 0 Å². The second-order valence-corrected chi connectivity index (χ2v) is 4.39. The zero-order valence-electron chi connectivity index (χ0n) is 11.1. The molecule has 4 heteroatoms. The van der Waals surface area contributed by atoms with Gasteiger partial charge in [0.15, 0.2) is 0 Å². The highest BCUT2D eigenvalue weighted by atomic mass is 35.5. The zero-order valence-corrected chi connectivity index (χ0v) is 11.9. The highest BCUT2D eigenvalue weighted by Crippen LogP contribution is 2.33. The van der Waals surface area contributed by atoms with E-state index in [0.717, 1.165) is 34.7 Å². The van der Waals surface area contributed by atoms with Crippen LogP contribution in [-0.2, 0) is 6.54 Å². The van der Waals surface area contributed by atoms with Crippen LogP contribution in [0, 0.1) is 13.8 Å². The summed E-state index contributed by atoms with van der Waals surface area (Å²) in [5.74, 6) is 1.81. The van der Waals surface area contributed by atoms with Crippen LogP contribution in [0.5, 0.6) is 11.5 Å². The van der Waals surface area contributed by atoms with Crippen molar-refractivity contribution in [2.24, 2.45) is 0 Å². The third kappa shape index (κ3) is 3.05. The van der Waals surface area contributed by atoms with Gasteiger partial charge in [0, 0.05) is 12.1 Å². The summed E-state index contributed by atoms with van der Waals surface area (Å²) in [7, 11) is 5.34. The maximum atomic E-state index is 5.80. The maximum Gasteiger partial charge on any atom is 0.126 e. The molecule has 0 unspecified atom stereocenters. The molecule has 0 saturated heterocycles. The Hall–Kier alpha value is -0.930. The molecule has 0 aliphatic carbocycles. The first-order chi connectivity index (χ1) is 8.04. The minimum absolute atomic E-state index is 0.485. The SMILES string of the molecule is COc1cc(CN(C)CCl)c(OC)c(C)c1C. The van der Waals surface area contributed by atoms with Gasteiger partial charge in [-0.3, -0.25) is 4.90 Å². The standard InChI is InChI=1S/C13H20ClNO2/c1-9-10(2)13(17-5)11(6-12(9)16-4)7-15(3)8-14/h6H,7-8H2,1-5H3. The van der Waals surface area contributed by atoms with Crippen LogP contribution < -0.4 is 9.47 Å². The van der Waals surface area contributed by atoms with Gasteiger partial charge in [-0.25, -0.2) is 0 Å². The monoisotopic (exact) mass is 257 g/mol. The van der Waals surface area contributed by atoms with Crippen molar-refractivity contribution in [3.05, 3.63) is 22.8 Å². The number of alkyl halides is 1. The van der Waals surface area contributed by atoms with Gasteiger partial charge in [-0.15, -0.1) is 11.6 Å². The van der Waals surface area contributed by atoms with Crippen molar-refractivity contribution >= 4 is 11.6 Å². The second kappa shape index (κ2) is 6.12. The molecule has 0 aromatic heterocycles. The largest absolute Gasteiger partial charge is 0.496 e. The first-order valence-corrected chi connectivity index (χ1v) is 6.04. The molecule has 3 nitrogen and oxygen atoms in total. The lowest BCUT2D eigenvalue weighted by Gasteiger charge is -2.20. The average Bonchev–Trinajstić information content (AvgIpc) is 2.33. The number of nitrogens with zero attached hydrogens (tertiary/aromatic N) is 1. The number of methoxy groups -OCH3 is 2. The Morgan fingerprint density at radius 2 is 1.82 bits per heavy atom. The molecule has 1 rings (SSSR count). The number of benzene rings is 1. The van der Waals surface area contributed by atoms with E-state index in [0.29, 0.717) is 6.00 Å². The third-order valence-corrected chi connectivity index (χ3v) is 3.35. The number of hydrogen-bond donors (Lipinski definition) is 0. The summed E-state index contributed by atoms with van der Waals surface area (Å²) in [6.45, 7) is 4.82. The second-order valence-electron chi connectivity index (χ2n) is 4.15. The molecule has 0 radical (unpaired) electrons. The summed E-state index contributed by atoms with van der Waals surface area (Å²) in [5.41, 5.74) is 3.32. The van der Waals surface area contributed by atoms with E-state index in [1.807, 2.05) is 31.9 Å². The van der Waals surface area contributed by atoms with Crippen LogP contribution in [0.2, 0.25) is 0 Å². The molecule has 0 fully saturated rings. The first-order valence-electron chi connectivity index (χ1n) is 5.50. The predicted molar refractivity (Wildman–Crippen MR) is 71.2 cm³/mol. The Labute approximate surface area is 108 Å². The molecule has 0 amide bonds. The third-order valence-electron chi connectivity index (χ3n) is 2.94. The van der Waals surface area contributed by atoms with Crippen LogP contribution in [0.25, 0.3) is 0 Å². The summed E-state index contributed by atoms with van der Waals surface area (Å²) in [5, 5.41) is 0. The molecule has 96 valence electrons. The Kier molecular flexibility index (Phi) is 5.09. The van der Waals surface area contributed by atoms with Crippen LogP contribution in [-0.4, -0.2) is 32.2 Å². The van der Waals surface area contributed by atoms with E-state index in [2.05, 4.69) is 0 Å². The average molecular weight is 258 g/mol. The van der Waals surface area contributed by atoms with E-state index in [1.54, 1.807) is 14.2 Å². The fourth-order valence-electron chi connectivity index (χ4n) is 1.87. The molecule has 0 aliphatic rings. The minimum atomic E-state index is 0.485. The fourth-order valence-corrected chi connectivity index (χ4v) is 1.96. The molecule has 0 spiro atoms. The minimum Gasteiger partial charge on any atom is -0.496 e. The molecular formula is C13H20ClNO2. The highest BCUT2D eigenvalue weighted by molar-refractivity contribution is 6.17. The lowest BCUT2D eigenvalue weighted by molar-refractivity contribution is 0.354. The van der Waals surface area contributed by atoms with Gasteiger partial charge in [-0.05, 0) is 38.1 Å². The molecule has 0 bridgehead atoms. The summed E-state index contributed by atoms with van der Waals surface area (Å²) >= 11 is 5.80. The van der Waals surface area contributed by atoms with Gasteiger partial charge in [-0.1, -0.05) is 0 Å². The molecule has 0 heterocycles. The number of rotatable bonds is 5. The normalized spacial score (nSPS) is 10.8. The molecule has 0 saturated carbocycles.